The monoisotopic (exact) mass is 538 g/mol. The molecule has 0 radical (unpaired) electrons. The second kappa shape index (κ2) is 8.86. The average Bonchev–Trinajstić information content (AvgIpc) is 3.44. The molecule has 5 aromatic rings. The van der Waals surface area contributed by atoms with Crippen molar-refractivity contribution in [2.24, 2.45) is 0 Å². The van der Waals surface area contributed by atoms with Crippen LogP contribution in [0.1, 0.15) is 25.0 Å². The van der Waals surface area contributed by atoms with Gasteiger partial charge in [0.15, 0.2) is 9.84 Å². The summed E-state index contributed by atoms with van der Waals surface area (Å²) in [5.41, 5.74) is 7.37. The lowest BCUT2D eigenvalue weighted by Crippen LogP contribution is -2.46. The Hall–Kier alpha value is -3.82. The number of rotatable bonds is 4. The fourth-order valence-electron chi connectivity index (χ4n) is 6.04. The third-order valence-corrected chi connectivity index (χ3v) is 10.1. The smallest absolute Gasteiger partial charge is 0.179 e. The second-order valence-electron chi connectivity index (χ2n) is 11.3. The van der Waals surface area contributed by atoms with Gasteiger partial charge in [-0.1, -0.05) is 38.1 Å². The van der Waals surface area contributed by atoms with Gasteiger partial charge in [-0.2, -0.15) is 0 Å². The van der Waals surface area contributed by atoms with E-state index in [0.29, 0.717) is 10.7 Å². The molecule has 0 atom stereocenters. The van der Waals surface area contributed by atoms with E-state index in [0.717, 1.165) is 71.6 Å². The van der Waals surface area contributed by atoms with Crippen molar-refractivity contribution in [2.75, 3.05) is 36.8 Å². The first-order valence-electron chi connectivity index (χ1n) is 13.3. The number of sulfone groups is 1. The first kappa shape index (κ1) is 24.2. The molecular weight excluding hydrogens is 508 g/mol. The standard InChI is InChI=1S/C30H30N6O2S/c1-30(2)19-39(37,38)27-17-21(7-8-22(27)30)29-33-24-4-3-5-26(28(24)34-29)36-14-12-35(13-15-36)18-20-6-9-23-25(16-20)32-11-10-31-23/h3-11,16-17H,12-15,18-19H2,1-2H3,(H,33,34). The largest absolute Gasteiger partial charge is 0.367 e. The van der Waals surface area contributed by atoms with Crippen molar-refractivity contribution < 1.29 is 8.42 Å². The van der Waals surface area contributed by atoms with Crippen molar-refractivity contribution in [2.45, 2.75) is 30.7 Å². The molecule has 2 aliphatic rings. The van der Waals surface area contributed by atoms with Crippen molar-refractivity contribution in [1.29, 1.82) is 0 Å². The van der Waals surface area contributed by atoms with Crippen molar-refractivity contribution in [1.82, 2.24) is 24.8 Å². The van der Waals surface area contributed by atoms with E-state index in [-0.39, 0.29) is 11.2 Å². The highest BCUT2D eigenvalue weighted by atomic mass is 32.2. The zero-order valence-corrected chi connectivity index (χ0v) is 22.9. The SMILES string of the molecule is CC1(C)CS(=O)(=O)c2cc(-c3nc4c(N5CCN(Cc6ccc7nccnc7c6)CC5)cccc4[nH]3)ccc21. The lowest BCUT2D eigenvalue weighted by Gasteiger charge is -2.36. The molecule has 1 fully saturated rings. The molecule has 8 nitrogen and oxygen atoms in total. The molecule has 3 aromatic carbocycles. The van der Waals surface area contributed by atoms with Gasteiger partial charge in [0.25, 0.3) is 0 Å². The minimum atomic E-state index is -3.30. The van der Waals surface area contributed by atoms with E-state index in [1.54, 1.807) is 18.5 Å². The first-order valence-corrected chi connectivity index (χ1v) is 15.0. The summed E-state index contributed by atoms with van der Waals surface area (Å²) < 4.78 is 25.7. The van der Waals surface area contributed by atoms with Gasteiger partial charge in [-0.25, -0.2) is 13.4 Å². The summed E-state index contributed by atoms with van der Waals surface area (Å²) in [6.07, 6.45) is 3.46. The molecule has 0 unspecified atom stereocenters. The fraction of sp³-hybridized carbons (Fsp3) is 0.300. The van der Waals surface area contributed by atoms with Crippen LogP contribution in [-0.4, -0.2) is 65.2 Å². The number of hydrogen-bond donors (Lipinski definition) is 1. The van der Waals surface area contributed by atoms with Crippen LogP contribution in [0.4, 0.5) is 5.69 Å². The van der Waals surface area contributed by atoms with Crippen molar-refractivity contribution in [3.63, 3.8) is 0 Å². The molecule has 0 amide bonds. The zero-order chi connectivity index (χ0) is 26.8. The third kappa shape index (κ3) is 4.26. The Morgan fingerprint density at radius 2 is 1.72 bits per heavy atom. The number of H-pyrrole nitrogens is 1. The molecule has 1 N–H and O–H groups in total. The van der Waals surface area contributed by atoms with Crippen molar-refractivity contribution >= 4 is 37.6 Å². The summed E-state index contributed by atoms with van der Waals surface area (Å²) in [7, 11) is -3.30. The summed E-state index contributed by atoms with van der Waals surface area (Å²) >= 11 is 0. The van der Waals surface area contributed by atoms with Crippen molar-refractivity contribution in [3.05, 3.63) is 78.1 Å². The molecule has 39 heavy (non-hydrogen) atoms. The molecule has 2 aliphatic heterocycles. The third-order valence-electron chi connectivity index (χ3n) is 8.01. The highest BCUT2D eigenvalue weighted by Crippen LogP contribution is 2.41. The van der Waals surface area contributed by atoms with Crippen LogP contribution < -0.4 is 4.90 Å². The number of para-hydroxylation sites is 1. The Kier molecular flexibility index (Phi) is 5.50. The Labute approximate surface area is 227 Å². The minimum absolute atomic E-state index is 0.143. The minimum Gasteiger partial charge on any atom is -0.367 e. The molecule has 1 saturated heterocycles. The molecule has 0 aliphatic carbocycles. The fourth-order valence-corrected chi connectivity index (χ4v) is 8.28. The van der Waals surface area contributed by atoms with Crippen LogP contribution in [0.3, 0.4) is 0 Å². The summed E-state index contributed by atoms with van der Waals surface area (Å²) in [4.78, 5) is 22.5. The van der Waals surface area contributed by atoms with Crippen LogP contribution in [0.25, 0.3) is 33.5 Å². The maximum absolute atomic E-state index is 12.8. The van der Waals surface area contributed by atoms with Gasteiger partial charge in [0.2, 0.25) is 0 Å². The number of nitrogens with zero attached hydrogens (tertiary/aromatic N) is 5. The molecule has 9 heteroatoms. The van der Waals surface area contributed by atoms with Gasteiger partial charge < -0.3 is 9.88 Å². The predicted molar refractivity (Wildman–Crippen MR) is 154 cm³/mol. The highest BCUT2D eigenvalue weighted by Gasteiger charge is 2.40. The van der Waals surface area contributed by atoms with E-state index >= 15 is 0 Å². The van der Waals surface area contributed by atoms with Gasteiger partial charge in [-0.15, -0.1) is 0 Å². The average molecular weight is 539 g/mol. The van der Waals surface area contributed by atoms with E-state index in [1.165, 1.54) is 5.56 Å². The Bertz CT molecular complexity index is 1840. The summed E-state index contributed by atoms with van der Waals surface area (Å²) in [5.74, 6) is 0.836. The van der Waals surface area contributed by atoms with Gasteiger partial charge >= 0.3 is 0 Å². The van der Waals surface area contributed by atoms with E-state index in [4.69, 9.17) is 4.98 Å². The van der Waals surface area contributed by atoms with Crippen LogP contribution in [0.15, 0.2) is 71.9 Å². The summed E-state index contributed by atoms with van der Waals surface area (Å²) in [6.45, 7) is 8.56. The molecule has 0 bridgehead atoms. The van der Waals surface area contributed by atoms with E-state index < -0.39 is 9.84 Å². The Morgan fingerprint density at radius 3 is 2.54 bits per heavy atom. The molecule has 4 heterocycles. The maximum Gasteiger partial charge on any atom is 0.179 e. The predicted octanol–water partition coefficient (Wildman–Crippen LogP) is 4.56. The number of aromatic amines is 1. The molecule has 0 saturated carbocycles. The van der Waals surface area contributed by atoms with Gasteiger partial charge in [0, 0.05) is 56.1 Å². The molecule has 7 rings (SSSR count). The maximum atomic E-state index is 12.8. The number of fused-ring (bicyclic) bond motifs is 3. The number of benzene rings is 3. The number of imidazole rings is 1. The van der Waals surface area contributed by atoms with Gasteiger partial charge in [-0.3, -0.25) is 14.9 Å². The van der Waals surface area contributed by atoms with Gasteiger partial charge in [0.1, 0.15) is 11.3 Å². The number of anilines is 1. The topological polar surface area (TPSA) is 95.1 Å². The number of piperazine rings is 1. The summed E-state index contributed by atoms with van der Waals surface area (Å²) in [6, 6.07) is 18.2. The Morgan fingerprint density at radius 1 is 0.923 bits per heavy atom. The van der Waals surface area contributed by atoms with Crippen LogP contribution in [0.2, 0.25) is 0 Å². The first-order chi connectivity index (χ1) is 18.8. The molecular formula is C30H30N6O2S. The van der Waals surface area contributed by atoms with Crippen LogP contribution in [0, 0.1) is 0 Å². The lowest BCUT2D eigenvalue weighted by atomic mass is 9.87. The lowest BCUT2D eigenvalue weighted by molar-refractivity contribution is 0.250. The molecule has 2 aromatic heterocycles. The normalized spacial score (nSPS) is 18.6. The number of nitrogens with one attached hydrogen (secondary N) is 1. The van der Waals surface area contributed by atoms with Crippen LogP contribution >= 0.6 is 0 Å². The van der Waals surface area contributed by atoms with Crippen molar-refractivity contribution in [3.8, 4) is 11.4 Å². The van der Waals surface area contributed by atoms with Gasteiger partial charge in [-0.05, 0) is 41.5 Å². The summed E-state index contributed by atoms with van der Waals surface area (Å²) in [5, 5.41) is 0. The van der Waals surface area contributed by atoms with E-state index in [1.807, 2.05) is 38.1 Å². The number of hydrogen-bond acceptors (Lipinski definition) is 7. The van der Waals surface area contributed by atoms with Crippen LogP contribution in [-0.2, 0) is 21.8 Å². The molecule has 198 valence electrons. The highest BCUT2D eigenvalue weighted by molar-refractivity contribution is 7.91. The van der Waals surface area contributed by atoms with E-state index in [9.17, 15) is 8.42 Å². The van der Waals surface area contributed by atoms with E-state index in [2.05, 4.69) is 49.0 Å². The zero-order valence-electron chi connectivity index (χ0n) is 22.1. The van der Waals surface area contributed by atoms with Crippen LogP contribution in [0.5, 0.6) is 0 Å². The second-order valence-corrected chi connectivity index (χ2v) is 13.2. The number of aromatic nitrogens is 4. The quantitative estimate of drug-likeness (QED) is 0.358. The molecule has 0 spiro atoms. The Balaban J connectivity index is 1.11. The van der Waals surface area contributed by atoms with Gasteiger partial charge in [0.05, 0.1) is 32.9 Å².